The highest BCUT2D eigenvalue weighted by atomic mass is 35.5. The SMILES string of the molecule is COC1CN2CC[C@@]3(c4ccc(Cl)c(Cl)c4)C[C@]13C2. The van der Waals surface area contributed by atoms with Crippen molar-refractivity contribution in [3.8, 4) is 0 Å². The monoisotopic (exact) mass is 297 g/mol. The fraction of sp³-hybridized carbons (Fsp3) is 0.600. The topological polar surface area (TPSA) is 12.5 Å². The molecule has 1 aromatic rings. The van der Waals surface area contributed by atoms with Gasteiger partial charge in [0.2, 0.25) is 0 Å². The van der Waals surface area contributed by atoms with Gasteiger partial charge in [0, 0.05) is 31.0 Å². The Bertz CT molecular complexity index is 549. The van der Waals surface area contributed by atoms with Crippen LogP contribution in [0.1, 0.15) is 18.4 Å². The van der Waals surface area contributed by atoms with E-state index >= 15 is 0 Å². The number of halogens is 2. The molecule has 4 atom stereocenters. The molecule has 2 heterocycles. The van der Waals surface area contributed by atoms with E-state index in [1.54, 1.807) is 0 Å². The number of hydrogen-bond donors (Lipinski definition) is 0. The number of hydrogen-bond acceptors (Lipinski definition) is 2. The smallest absolute Gasteiger partial charge is 0.0775 e. The minimum absolute atomic E-state index is 0.273. The number of fused-ring (bicyclic) bond motifs is 1. The number of nitrogens with zero attached hydrogens (tertiary/aromatic N) is 1. The molecular weight excluding hydrogens is 281 g/mol. The average Bonchev–Trinajstić information content (AvgIpc) is 2.98. The lowest BCUT2D eigenvalue weighted by molar-refractivity contribution is 0.0634. The fourth-order valence-electron chi connectivity index (χ4n) is 4.58. The Morgan fingerprint density at radius 2 is 2.16 bits per heavy atom. The van der Waals surface area contributed by atoms with Crippen molar-refractivity contribution in [3.05, 3.63) is 33.8 Å². The summed E-state index contributed by atoms with van der Waals surface area (Å²) in [6.07, 6.45) is 2.81. The van der Waals surface area contributed by atoms with Crippen molar-refractivity contribution in [1.82, 2.24) is 4.90 Å². The van der Waals surface area contributed by atoms with Crippen molar-refractivity contribution in [2.75, 3.05) is 26.7 Å². The zero-order valence-corrected chi connectivity index (χ0v) is 12.5. The van der Waals surface area contributed by atoms with E-state index in [2.05, 4.69) is 17.0 Å². The van der Waals surface area contributed by atoms with Gasteiger partial charge in [0.15, 0.2) is 0 Å². The summed E-state index contributed by atoms with van der Waals surface area (Å²) in [5.74, 6) is 0. The van der Waals surface area contributed by atoms with Crippen LogP contribution < -0.4 is 0 Å². The lowest BCUT2D eigenvalue weighted by Crippen LogP contribution is -2.35. The maximum absolute atomic E-state index is 6.21. The van der Waals surface area contributed by atoms with Gasteiger partial charge < -0.3 is 9.64 Å². The molecule has 2 unspecified atom stereocenters. The molecule has 1 saturated carbocycles. The third-order valence-electron chi connectivity index (χ3n) is 5.60. The van der Waals surface area contributed by atoms with Gasteiger partial charge in [-0.2, -0.15) is 0 Å². The van der Waals surface area contributed by atoms with Crippen LogP contribution in [0.25, 0.3) is 0 Å². The summed E-state index contributed by atoms with van der Waals surface area (Å²) in [7, 11) is 1.85. The van der Waals surface area contributed by atoms with Gasteiger partial charge in [-0.05, 0) is 37.1 Å². The standard InChI is InChI=1S/C15H17Cl2NO/c1-19-13-7-18-5-4-14(8-15(13,14)9-18)10-2-3-11(16)12(17)6-10/h2-3,6,13H,4-5,7-9H2,1H3/t13?,14-,15-/m0/s1. The van der Waals surface area contributed by atoms with E-state index in [4.69, 9.17) is 27.9 Å². The number of benzene rings is 1. The number of piperidine rings is 1. The second kappa shape index (κ2) is 3.88. The van der Waals surface area contributed by atoms with Gasteiger partial charge in [0.1, 0.15) is 0 Å². The summed E-state index contributed by atoms with van der Waals surface area (Å²) in [5.41, 5.74) is 1.94. The normalized spacial score (nSPS) is 43.1. The van der Waals surface area contributed by atoms with E-state index in [9.17, 15) is 0 Å². The summed E-state index contributed by atoms with van der Waals surface area (Å²) >= 11 is 12.3. The van der Waals surface area contributed by atoms with Gasteiger partial charge in [-0.1, -0.05) is 29.3 Å². The van der Waals surface area contributed by atoms with Crippen LogP contribution in [0.4, 0.5) is 0 Å². The van der Waals surface area contributed by atoms with E-state index in [0.717, 1.165) is 6.54 Å². The van der Waals surface area contributed by atoms with Gasteiger partial charge >= 0.3 is 0 Å². The van der Waals surface area contributed by atoms with Crippen LogP contribution in [-0.4, -0.2) is 37.7 Å². The van der Waals surface area contributed by atoms with Gasteiger partial charge in [0.25, 0.3) is 0 Å². The third kappa shape index (κ3) is 1.46. The van der Waals surface area contributed by atoms with Crippen LogP contribution >= 0.6 is 23.2 Å². The van der Waals surface area contributed by atoms with Crippen molar-refractivity contribution >= 4 is 23.2 Å². The Hall–Kier alpha value is -0.280. The molecule has 0 radical (unpaired) electrons. The third-order valence-corrected chi connectivity index (χ3v) is 6.34. The molecule has 2 nitrogen and oxygen atoms in total. The Kier molecular flexibility index (Phi) is 2.55. The molecule has 1 spiro atoms. The fourth-order valence-corrected chi connectivity index (χ4v) is 4.88. The maximum atomic E-state index is 6.21. The van der Waals surface area contributed by atoms with Crippen LogP contribution in [0, 0.1) is 5.41 Å². The molecule has 4 rings (SSSR count). The molecule has 0 N–H and O–H groups in total. The highest BCUT2D eigenvalue weighted by Crippen LogP contribution is 2.73. The first-order valence-corrected chi connectivity index (χ1v) is 7.58. The molecule has 102 valence electrons. The molecule has 3 fully saturated rings. The molecule has 1 aromatic carbocycles. The minimum atomic E-state index is 0.273. The number of methoxy groups -OCH3 is 1. The summed E-state index contributed by atoms with van der Waals surface area (Å²) in [5, 5.41) is 1.31. The first-order chi connectivity index (χ1) is 9.11. The first-order valence-electron chi connectivity index (χ1n) is 6.82. The van der Waals surface area contributed by atoms with Gasteiger partial charge in [0.05, 0.1) is 16.1 Å². The molecule has 4 heteroatoms. The predicted molar refractivity (Wildman–Crippen MR) is 77.0 cm³/mol. The molecule has 0 aromatic heterocycles. The van der Waals surface area contributed by atoms with Crippen molar-refractivity contribution in [2.45, 2.75) is 24.4 Å². The quantitative estimate of drug-likeness (QED) is 0.830. The van der Waals surface area contributed by atoms with E-state index in [1.807, 2.05) is 13.2 Å². The summed E-state index contributed by atoms with van der Waals surface area (Å²) in [4.78, 5) is 2.54. The number of ether oxygens (including phenoxy) is 1. The zero-order chi connectivity index (χ0) is 13.3. The second-order valence-corrected chi connectivity index (χ2v) is 7.07. The average molecular weight is 298 g/mol. The Morgan fingerprint density at radius 3 is 2.89 bits per heavy atom. The Balaban J connectivity index is 1.77. The Labute approximate surface area is 123 Å². The van der Waals surface area contributed by atoms with Crippen LogP contribution in [0.3, 0.4) is 0 Å². The van der Waals surface area contributed by atoms with E-state index in [-0.39, 0.29) is 5.41 Å². The molecule has 2 bridgehead atoms. The van der Waals surface area contributed by atoms with Crippen LogP contribution in [0.2, 0.25) is 10.0 Å². The Morgan fingerprint density at radius 1 is 1.32 bits per heavy atom. The summed E-state index contributed by atoms with van der Waals surface area (Å²) < 4.78 is 5.77. The maximum Gasteiger partial charge on any atom is 0.0775 e. The molecule has 2 aliphatic heterocycles. The minimum Gasteiger partial charge on any atom is -0.379 e. The molecule has 3 aliphatic rings. The van der Waals surface area contributed by atoms with Crippen molar-refractivity contribution in [1.29, 1.82) is 0 Å². The summed E-state index contributed by atoms with van der Waals surface area (Å²) in [6.45, 7) is 3.42. The molecule has 2 saturated heterocycles. The molecular formula is C15H17Cl2NO. The summed E-state index contributed by atoms with van der Waals surface area (Å²) in [6, 6.07) is 6.16. The van der Waals surface area contributed by atoms with Gasteiger partial charge in [-0.25, -0.2) is 0 Å². The van der Waals surface area contributed by atoms with Crippen molar-refractivity contribution < 1.29 is 4.74 Å². The zero-order valence-electron chi connectivity index (χ0n) is 11.0. The van der Waals surface area contributed by atoms with E-state index < -0.39 is 0 Å². The molecule has 0 amide bonds. The van der Waals surface area contributed by atoms with Crippen LogP contribution in [0.15, 0.2) is 18.2 Å². The first kappa shape index (κ1) is 12.5. The molecule has 1 aliphatic carbocycles. The largest absolute Gasteiger partial charge is 0.379 e. The lowest BCUT2D eigenvalue weighted by Gasteiger charge is -2.31. The molecule has 19 heavy (non-hydrogen) atoms. The van der Waals surface area contributed by atoms with Gasteiger partial charge in [-0.15, -0.1) is 0 Å². The lowest BCUT2D eigenvalue weighted by atomic mass is 9.80. The van der Waals surface area contributed by atoms with Gasteiger partial charge in [-0.3, -0.25) is 0 Å². The predicted octanol–water partition coefficient (Wildman–Crippen LogP) is 3.36. The van der Waals surface area contributed by atoms with Crippen molar-refractivity contribution in [2.24, 2.45) is 5.41 Å². The highest BCUT2D eigenvalue weighted by Gasteiger charge is 2.75. The van der Waals surface area contributed by atoms with Crippen molar-refractivity contribution in [3.63, 3.8) is 0 Å². The highest BCUT2D eigenvalue weighted by molar-refractivity contribution is 6.42. The second-order valence-electron chi connectivity index (χ2n) is 6.25. The number of rotatable bonds is 2. The van der Waals surface area contributed by atoms with E-state index in [1.165, 1.54) is 31.5 Å². The van der Waals surface area contributed by atoms with Crippen LogP contribution in [-0.2, 0) is 10.2 Å². The van der Waals surface area contributed by atoms with Crippen LogP contribution in [0.5, 0.6) is 0 Å². The van der Waals surface area contributed by atoms with E-state index in [0.29, 0.717) is 21.6 Å².